The Morgan fingerprint density at radius 1 is 1.38 bits per heavy atom. The molecule has 2 rings (SSSR count). The van der Waals surface area contributed by atoms with E-state index in [-0.39, 0.29) is 6.10 Å². The van der Waals surface area contributed by atoms with E-state index >= 15 is 0 Å². The Morgan fingerprint density at radius 2 is 2.06 bits per heavy atom. The van der Waals surface area contributed by atoms with Crippen LogP contribution in [0.3, 0.4) is 0 Å². The Labute approximate surface area is 96.7 Å². The minimum atomic E-state index is -0.241. The molecular weight excluding hydrogens is 202 g/mol. The van der Waals surface area contributed by atoms with Crippen molar-refractivity contribution in [1.29, 1.82) is 0 Å². The van der Waals surface area contributed by atoms with Gasteiger partial charge >= 0.3 is 0 Å². The van der Waals surface area contributed by atoms with Gasteiger partial charge in [0.15, 0.2) is 0 Å². The van der Waals surface area contributed by atoms with Crippen LogP contribution in [0.25, 0.3) is 0 Å². The first-order chi connectivity index (χ1) is 7.75. The molecular formula is C12H21N3O. The topological polar surface area (TPSA) is 50.9 Å². The van der Waals surface area contributed by atoms with Crippen molar-refractivity contribution in [2.75, 3.05) is 0 Å². The fourth-order valence-corrected chi connectivity index (χ4v) is 2.57. The molecule has 0 saturated heterocycles. The normalized spacial score (nSPS) is 20.6. The summed E-state index contributed by atoms with van der Waals surface area (Å²) in [4.78, 5) is 0. The van der Waals surface area contributed by atoms with Crippen molar-refractivity contribution in [2.24, 2.45) is 13.0 Å². The maximum Gasteiger partial charge on any atom is 0.0852 e. The van der Waals surface area contributed by atoms with Gasteiger partial charge in [-0.3, -0.25) is 4.68 Å². The van der Waals surface area contributed by atoms with Crippen LogP contribution in [0.5, 0.6) is 0 Å². The SMILES string of the molecule is Cn1cc(CC(O)C2CCCCCC2)nn1. The summed E-state index contributed by atoms with van der Waals surface area (Å²) < 4.78 is 1.69. The quantitative estimate of drug-likeness (QED) is 0.793. The van der Waals surface area contributed by atoms with Gasteiger partial charge in [0, 0.05) is 19.7 Å². The predicted octanol–water partition coefficient (Wildman–Crippen LogP) is 1.69. The molecule has 1 aliphatic carbocycles. The molecule has 0 amide bonds. The summed E-state index contributed by atoms with van der Waals surface area (Å²) in [5.41, 5.74) is 0.902. The second kappa shape index (κ2) is 5.43. The van der Waals surface area contributed by atoms with Gasteiger partial charge in [-0.05, 0) is 18.8 Å². The van der Waals surface area contributed by atoms with Crippen LogP contribution in [0.4, 0.5) is 0 Å². The fraction of sp³-hybridized carbons (Fsp3) is 0.833. The number of aromatic nitrogens is 3. The number of rotatable bonds is 3. The van der Waals surface area contributed by atoms with Gasteiger partial charge in [-0.1, -0.05) is 30.9 Å². The molecule has 4 heteroatoms. The summed E-state index contributed by atoms with van der Waals surface area (Å²) in [6.45, 7) is 0. The van der Waals surface area contributed by atoms with E-state index in [0.29, 0.717) is 12.3 Å². The average Bonchev–Trinajstić information content (AvgIpc) is 2.56. The molecule has 1 atom stereocenters. The van der Waals surface area contributed by atoms with E-state index in [9.17, 15) is 5.11 Å². The number of aliphatic hydroxyl groups excluding tert-OH is 1. The number of hydrogen-bond donors (Lipinski definition) is 1. The zero-order chi connectivity index (χ0) is 11.4. The van der Waals surface area contributed by atoms with Crippen molar-refractivity contribution in [1.82, 2.24) is 15.0 Å². The Kier molecular flexibility index (Phi) is 3.93. The number of nitrogens with zero attached hydrogens (tertiary/aromatic N) is 3. The highest BCUT2D eigenvalue weighted by Gasteiger charge is 2.21. The van der Waals surface area contributed by atoms with Crippen molar-refractivity contribution < 1.29 is 5.11 Å². The summed E-state index contributed by atoms with van der Waals surface area (Å²) in [5, 5.41) is 18.1. The molecule has 0 radical (unpaired) electrons. The molecule has 1 aliphatic rings. The molecule has 16 heavy (non-hydrogen) atoms. The van der Waals surface area contributed by atoms with E-state index in [2.05, 4.69) is 10.3 Å². The van der Waals surface area contributed by atoms with E-state index in [1.807, 2.05) is 13.2 Å². The third-order valence-corrected chi connectivity index (χ3v) is 3.51. The van der Waals surface area contributed by atoms with Crippen molar-refractivity contribution in [2.45, 2.75) is 51.0 Å². The van der Waals surface area contributed by atoms with Gasteiger partial charge in [0.05, 0.1) is 11.8 Å². The van der Waals surface area contributed by atoms with Crippen molar-refractivity contribution in [3.8, 4) is 0 Å². The summed E-state index contributed by atoms with van der Waals surface area (Å²) >= 11 is 0. The van der Waals surface area contributed by atoms with E-state index in [0.717, 1.165) is 5.69 Å². The molecule has 0 aliphatic heterocycles. The molecule has 0 spiro atoms. The lowest BCUT2D eigenvalue weighted by atomic mass is 9.91. The molecule has 1 heterocycles. The molecule has 1 N–H and O–H groups in total. The van der Waals surface area contributed by atoms with Crippen LogP contribution in [0.15, 0.2) is 6.20 Å². The number of aliphatic hydroxyl groups is 1. The standard InChI is InChI=1S/C12H21N3O/c1-15-9-11(13-14-15)8-12(16)10-6-4-2-3-5-7-10/h9-10,12,16H,2-8H2,1H3. The van der Waals surface area contributed by atoms with Crippen LogP contribution in [-0.4, -0.2) is 26.2 Å². The average molecular weight is 223 g/mol. The lowest BCUT2D eigenvalue weighted by molar-refractivity contribution is 0.0977. The van der Waals surface area contributed by atoms with Crippen molar-refractivity contribution in [3.63, 3.8) is 0 Å². The largest absolute Gasteiger partial charge is 0.392 e. The Morgan fingerprint density at radius 3 is 2.62 bits per heavy atom. The van der Waals surface area contributed by atoms with Crippen molar-refractivity contribution in [3.05, 3.63) is 11.9 Å². The molecule has 0 aromatic carbocycles. The zero-order valence-electron chi connectivity index (χ0n) is 9.97. The predicted molar refractivity (Wildman–Crippen MR) is 61.9 cm³/mol. The summed E-state index contributed by atoms with van der Waals surface area (Å²) in [6, 6.07) is 0. The Bertz CT molecular complexity index is 316. The highest BCUT2D eigenvalue weighted by Crippen LogP contribution is 2.26. The van der Waals surface area contributed by atoms with Crippen LogP contribution in [0, 0.1) is 5.92 Å². The minimum absolute atomic E-state index is 0.241. The van der Waals surface area contributed by atoms with Gasteiger partial charge in [-0.15, -0.1) is 5.10 Å². The van der Waals surface area contributed by atoms with Gasteiger partial charge in [-0.25, -0.2) is 0 Å². The molecule has 1 saturated carbocycles. The van der Waals surface area contributed by atoms with E-state index in [1.165, 1.54) is 38.5 Å². The Balaban J connectivity index is 1.88. The first kappa shape index (κ1) is 11.6. The number of aryl methyl sites for hydroxylation is 1. The van der Waals surface area contributed by atoms with E-state index in [4.69, 9.17) is 0 Å². The fourth-order valence-electron chi connectivity index (χ4n) is 2.57. The van der Waals surface area contributed by atoms with Crippen LogP contribution in [-0.2, 0) is 13.5 Å². The first-order valence-electron chi connectivity index (χ1n) is 6.29. The Hall–Kier alpha value is -0.900. The van der Waals surface area contributed by atoms with Gasteiger partial charge < -0.3 is 5.11 Å². The molecule has 1 aromatic heterocycles. The molecule has 90 valence electrons. The maximum absolute atomic E-state index is 10.2. The monoisotopic (exact) mass is 223 g/mol. The van der Waals surface area contributed by atoms with Gasteiger partial charge in [0.25, 0.3) is 0 Å². The van der Waals surface area contributed by atoms with Crippen LogP contribution in [0.2, 0.25) is 0 Å². The maximum atomic E-state index is 10.2. The van der Waals surface area contributed by atoms with Gasteiger partial charge in [0.2, 0.25) is 0 Å². The second-order valence-corrected chi connectivity index (χ2v) is 4.91. The molecule has 0 bridgehead atoms. The van der Waals surface area contributed by atoms with E-state index < -0.39 is 0 Å². The number of hydrogen-bond acceptors (Lipinski definition) is 3. The third-order valence-electron chi connectivity index (χ3n) is 3.51. The first-order valence-corrected chi connectivity index (χ1v) is 6.29. The minimum Gasteiger partial charge on any atom is -0.392 e. The summed E-state index contributed by atoms with van der Waals surface area (Å²) in [5.74, 6) is 0.463. The molecule has 4 nitrogen and oxygen atoms in total. The molecule has 1 unspecified atom stereocenters. The van der Waals surface area contributed by atoms with Gasteiger partial charge in [0.1, 0.15) is 0 Å². The molecule has 1 fully saturated rings. The highest BCUT2D eigenvalue weighted by molar-refractivity contribution is 4.95. The van der Waals surface area contributed by atoms with Gasteiger partial charge in [-0.2, -0.15) is 0 Å². The van der Waals surface area contributed by atoms with E-state index in [1.54, 1.807) is 4.68 Å². The highest BCUT2D eigenvalue weighted by atomic mass is 16.3. The second-order valence-electron chi connectivity index (χ2n) is 4.91. The van der Waals surface area contributed by atoms with Crippen LogP contribution < -0.4 is 0 Å². The van der Waals surface area contributed by atoms with Crippen LogP contribution >= 0.6 is 0 Å². The summed E-state index contributed by atoms with van der Waals surface area (Å²) in [6.07, 6.45) is 9.82. The zero-order valence-corrected chi connectivity index (χ0v) is 9.97. The molecule has 1 aromatic rings. The third kappa shape index (κ3) is 3.04. The van der Waals surface area contributed by atoms with Crippen LogP contribution in [0.1, 0.15) is 44.2 Å². The smallest absolute Gasteiger partial charge is 0.0852 e. The summed E-state index contributed by atoms with van der Waals surface area (Å²) in [7, 11) is 1.86. The lowest BCUT2D eigenvalue weighted by Crippen LogP contribution is -2.22. The van der Waals surface area contributed by atoms with Crippen molar-refractivity contribution >= 4 is 0 Å². The lowest BCUT2D eigenvalue weighted by Gasteiger charge is -2.20.